The SMILES string of the molecule is C=CC[C@@]1(Cc2ccccc2)CC[C@H]2C[C@H]2C1=O. The lowest BCUT2D eigenvalue weighted by molar-refractivity contribution is -0.132. The number of Topliss-reactive ketones (excluding diaryl/α,β-unsaturated/α-hetero) is 1. The second-order valence-corrected chi connectivity index (χ2v) is 5.94. The molecule has 94 valence electrons. The molecule has 0 bridgehead atoms. The van der Waals surface area contributed by atoms with E-state index in [4.69, 9.17) is 0 Å². The lowest BCUT2D eigenvalue weighted by Gasteiger charge is -2.35. The molecule has 2 fully saturated rings. The minimum Gasteiger partial charge on any atom is -0.299 e. The third-order valence-electron chi connectivity index (χ3n) is 4.70. The zero-order chi connectivity index (χ0) is 12.6. The van der Waals surface area contributed by atoms with E-state index in [-0.39, 0.29) is 5.41 Å². The van der Waals surface area contributed by atoms with Crippen LogP contribution in [0.4, 0.5) is 0 Å². The van der Waals surface area contributed by atoms with Crippen molar-refractivity contribution in [2.24, 2.45) is 17.3 Å². The normalized spacial score (nSPS) is 33.9. The Bertz CT molecular complexity index is 462. The van der Waals surface area contributed by atoms with Crippen molar-refractivity contribution in [2.75, 3.05) is 0 Å². The van der Waals surface area contributed by atoms with Crippen LogP contribution in [0.1, 0.15) is 31.2 Å². The molecule has 0 unspecified atom stereocenters. The molecule has 0 aliphatic heterocycles. The standard InChI is InChI=1S/C17H20O/c1-2-9-17(12-13-6-4-3-5-7-13)10-8-14-11-15(14)16(17)18/h2-7,14-15H,1,8-12H2/t14-,15+,17-/m0/s1. The summed E-state index contributed by atoms with van der Waals surface area (Å²) < 4.78 is 0. The maximum absolute atomic E-state index is 12.6. The molecule has 1 heteroatoms. The summed E-state index contributed by atoms with van der Waals surface area (Å²) in [6, 6.07) is 10.4. The predicted octanol–water partition coefficient (Wildman–Crippen LogP) is 3.79. The van der Waals surface area contributed by atoms with Gasteiger partial charge < -0.3 is 0 Å². The minimum absolute atomic E-state index is 0.152. The maximum Gasteiger partial charge on any atom is 0.143 e. The molecule has 1 aromatic carbocycles. The summed E-state index contributed by atoms with van der Waals surface area (Å²) in [6.07, 6.45) is 7.09. The van der Waals surface area contributed by atoms with Gasteiger partial charge in [0, 0.05) is 11.3 Å². The second-order valence-electron chi connectivity index (χ2n) is 5.94. The smallest absolute Gasteiger partial charge is 0.143 e. The van der Waals surface area contributed by atoms with Crippen molar-refractivity contribution in [3.8, 4) is 0 Å². The highest BCUT2D eigenvalue weighted by atomic mass is 16.1. The zero-order valence-electron chi connectivity index (χ0n) is 10.8. The molecule has 18 heavy (non-hydrogen) atoms. The molecule has 1 nitrogen and oxygen atoms in total. The molecule has 3 rings (SSSR count). The molecular weight excluding hydrogens is 220 g/mol. The second kappa shape index (κ2) is 4.38. The number of allylic oxidation sites excluding steroid dienone is 1. The number of fused-ring (bicyclic) bond motifs is 1. The topological polar surface area (TPSA) is 17.1 Å². The van der Waals surface area contributed by atoms with Gasteiger partial charge in [0.1, 0.15) is 5.78 Å². The van der Waals surface area contributed by atoms with Gasteiger partial charge in [-0.15, -0.1) is 6.58 Å². The number of carbonyl (C=O) groups excluding carboxylic acids is 1. The van der Waals surface area contributed by atoms with E-state index >= 15 is 0 Å². The van der Waals surface area contributed by atoms with Crippen LogP contribution in [-0.2, 0) is 11.2 Å². The number of carbonyl (C=O) groups is 1. The molecular formula is C17H20O. The summed E-state index contributed by atoms with van der Waals surface area (Å²) in [5, 5.41) is 0. The Morgan fingerprint density at radius 3 is 2.83 bits per heavy atom. The van der Waals surface area contributed by atoms with E-state index in [0.29, 0.717) is 17.6 Å². The fraction of sp³-hybridized carbons (Fsp3) is 0.471. The Labute approximate surface area is 109 Å². The van der Waals surface area contributed by atoms with Gasteiger partial charge in [-0.2, -0.15) is 0 Å². The molecule has 2 saturated carbocycles. The van der Waals surface area contributed by atoms with Crippen LogP contribution < -0.4 is 0 Å². The van der Waals surface area contributed by atoms with Crippen LogP contribution in [0.15, 0.2) is 43.0 Å². The van der Waals surface area contributed by atoms with Crippen LogP contribution in [0, 0.1) is 17.3 Å². The first-order valence-electron chi connectivity index (χ1n) is 6.94. The van der Waals surface area contributed by atoms with Crippen molar-refractivity contribution in [1.82, 2.24) is 0 Å². The van der Waals surface area contributed by atoms with Gasteiger partial charge in [0.25, 0.3) is 0 Å². The van der Waals surface area contributed by atoms with Crippen molar-refractivity contribution < 1.29 is 4.79 Å². The molecule has 0 heterocycles. The van der Waals surface area contributed by atoms with Crippen LogP contribution in [0.25, 0.3) is 0 Å². The Morgan fingerprint density at radius 2 is 2.11 bits per heavy atom. The van der Waals surface area contributed by atoms with E-state index in [1.807, 2.05) is 12.1 Å². The van der Waals surface area contributed by atoms with E-state index in [0.717, 1.165) is 25.7 Å². The first kappa shape index (κ1) is 11.7. The van der Waals surface area contributed by atoms with Crippen LogP contribution in [0.2, 0.25) is 0 Å². The number of benzene rings is 1. The van der Waals surface area contributed by atoms with Gasteiger partial charge in [0.05, 0.1) is 0 Å². The molecule has 3 atom stereocenters. The van der Waals surface area contributed by atoms with Crippen molar-refractivity contribution in [1.29, 1.82) is 0 Å². The van der Waals surface area contributed by atoms with Crippen molar-refractivity contribution in [2.45, 2.75) is 32.1 Å². The summed E-state index contributed by atoms with van der Waals surface area (Å²) in [4.78, 5) is 12.6. The predicted molar refractivity (Wildman–Crippen MR) is 73.2 cm³/mol. The van der Waals surface area contributed by atoms with Crippen molar-refractivity contribution >= 4 is 5.78 Å². The first-order chi connectivity index (χ1) is 8.75. The highest BCUT2D eigenvalue weighted by molar-refractivity contribution is 5.90. The summed E-state index contributed by atoms with van der Waals surface area (Å²) in [5.41, 5.74) is 1.13. The van der Waals surface area contributed by atoms with Gasteiger partial charge in [0.2, 0.25) is 0 Å². The maximum atomic E-state index is 12.6. The molecule has 1 aromatic rings. The number of rotatable bonds is 4. The van der Waals surface area contributed by atoms with Crippen molar-refractivity contribution in [3.05, 3.63) is 48.6 Å². The van der Waals surface area contributed by atoms with Gasteiger partial charge in [-0.1, -0.05) is 36.4 Å². The Morgan fingerprint density at radius 1 is 1.33 bits per heavy atom. The van der Waals surface area contributed by atoms with Crippen LogP contribution >= 0.6 is 0 Å². The van der Waals surface area contributed by atoms with Crippen molar-refractivity contribution in [3.63, 3.8) is 0 Å². The van der Waals surface area contributed by atoms with E-state index in [1.165, 1.54) is 12.0 Å². The van der Waals surface area contributed by atoms with Crippen LogP contribution in [0.3, 0.4) is 0 Å². The Balaban J connectivity index is 1.86. The molecule has 0 saturated heterocycles. The summed E-state index contributed by atoms with van der Waals surface area (Å²) in [6.45, 7) is 3.86. The van der Waals surface area contributed by atoms with Gasteiger partial charge in [-0.05, 0) is 43.6 Å². The highest BCUT2D eigenvalue weighted by Gasteiger charge is 2.55. The summed E-state index contributed by atoms with van der Waals surface area (Å²) >= 11 is 0. The van der Waals surface area contributed by atoms with Crippen LogP contribution in [-0.4, -0.2) is 5.78 Å². The zero-order valence-corrected chi connectivity index (χ0v) is 10.8. The van der Waals surface area contributed by atoms with E-state index in [2.05, 4.69) is 30.8 Å². The number of ketones is 1. The number of hydrogen-bond donors (Lipinski definition) is 0. The molecule has 0 aromatic heterocycles. The third-order valence-corrected chi connectivity index (χ3v) is 4.70. The Kier molecular flexibility index (Phi) is 2.85. The van der Waals surface area contributed by atoms with E-state index < -0.39 is 0 Å². The lowest BCUT2D eigenvalue weighted by Crippen LogP contribution is -2.37. The van der Waals surface area contributed by atoms with Crippen LogP contribution in [0.5, 0.6) is 0 Å². The first-order valence-corrected chi connectivity index (χ1v) is 6.94. The highest BCUT2D eigenvalue weighted by Crippen LogP contribution is 2.55. The summed E-state index contributed by atoms with van der Waals surface area (Å²) in [7, 11) is 0. The quantitative estimate of drug-likeness (QED) is 0.732. The van der Waals surface area contributed by atoms with E-state index in [1.54, 1.807) is 0 Å². The molecule has 2 aliphatic rings. The molecule has 0 spiro atoms. The fourth-order valence-corrected chi connectivity index (χ4v) is 3.58. The van der Waals surface area contributed by atoms with Gasteiger partial charge >= 0.3 is 0 Å². The average molecular weight is 240 g/mol. The Hall–Kier alpha value is -1.37. The average Bonchev–Trinajstić information content (AvgIpc) is 3.16. The summed E-state index contributed by atoms with van der Waals surface area (Å²) in [5.74, 6) is 1.61. The van der Waals surface area contributed by atoms with Gasteiger partial charge in [-0.25, -0.2) is 0 Å². The number of hydrogen-bond acceptors (Lipinski definition) is 1. The van der Waals surface area contributed by atoms with Gasteiger partial charge in [0.15, 0.2) is 0 Å². The van der Waals surface area contributed by atoms with Gasteiger partial charge in [-0.3, -0.25) is 4.79 Å². The molecule has 0 radical (unpaired) electrons. The largest absolute Gasteiger partial charge is 0.299 e. The molecule has 2 aliphatic carbocycles. The molecule has 0 amide bonds. The minimum atomic E-state index is -0.152. The monoisotopic (exact) mass is 240 g/mol. The lowest BCUT2D eigenvalue weighted by atomic mass is 9.67. The fourth-order valence-electron chi connectivity index (χ4n) is 3.58. The molecule has 0 N–H and O–H groups in total. The third kappa shape index (κ3) is 1.92. The van der Waals surface area contributed by atoms with E-state index in [9.17, 15) is 4.79 Å².